The van der Waals surface area contributed by atoms with E-state index >= 15 is 0 Å². The van der Waals surface area contributed by atoms with Crippen LogP contribution in [0.5, 0.6) is 5.75 Å². The van der Waals surface area contributed by atoms with Crippen LogP contribution in [0, 0.1) is 6.92 Å². The van der Waals surface area contributed by atoms with Crippen LogP contribution in [-0.2, 0) is 4.79 Å². The molecule has 0 fully saturated rings. The summed E-state index contributed by atoms with van der Waals surface area (Å²) in [7, 11) is 1.66. The van der Waals surface area contributed by atoms with Gasteiger partial charge in [-0.25, -0.2) is 4.98 Å². The van der Waals surface area contributed by atoms with E-state index in [1.807, 2.05) is 49.5 Å². The van der Waals surface area contributed by atoms with Gasteiger partial charge in [-0.1, -0.05) is 12.1 Å². The van der Waals surface area contributed by atoms with Crippen LogP contribution in [0.25, 0.3) is 33.1 Å². The monoisotopic (exact) mass is 345 g/mol. The van der Waals surface area contributed by atoms with E-state index in [2.05, 4.69) is 21.4 Å². The highest BCUT2D eigenvalue weighted by atomic mass is 16.5. The summed E-state index contributed by atoms with van der Waals surface area (Å²) < 4.78 is 5.54. The van der Waals surface area contributed by atoms with Crippen molar-refractivity contribution in [2.45, 2.75) is 13.8 Å². The molecule has 0 saturated carbocycles. The molecule has 0 aliphatic carbocycles. The number of fused-ring (bicyclic) bond motifs is 3. The van der Waals surface area contributed by atoms with Crippen molar-refractivity contribution in [3.8, 4) is 16.9 Å². The van der Waals surface area contributed by atoms with Gasteiger partial charge >= 0.3 is 0 Å². The number of methoxy groups -OCH3 is 1. The molecule has 0 radical (unpaired) electrons. The van der Waals surface area contributed by atoms with Crippen LogP contribution >= 0.6 is 0 Å². The molecule has 5 nitrogen and oxygen atoms in total. The summed E-state index contributed by atoms with van der Waals surface area (Å²) in [5, 5.41) is 4.96. The van der Waals surface area contributed by atoms with E-state index in [1.165, 1.54) is 6.92 Å². The lowest BCUT2D eigenvalue weighted by molar-refractivity contribution is -0.114. The summed E-state index contributed by atoms with van der Waals surface area (Å²) in [6.07, 6.45) is 1.85. The SMILES string of the molecule is COc1ccc(-c2cccc(NC(C)=O)c2)c2c1[nH]c1ncc(C)cc12. The molecule has 130 valence electrons. The normalized spacial score (nSPS) is 11.0. The maximum absolute atomic E-state index is 11.4. The van der Waals surface area contributed by atoms with Gasteiger partial charge in [-0.15, -0.1) is 0 Å². The van der Waals surface area contributed by atoms with Crippen LogP contribution < -0.4 is 10.1 Å². The summed E-state index contributed by atoms with van der Waals surface area (Å²) in [4.78, 5) is 19.3. The van der Waals surface area contributed by atoms with Crippen molar-refractivity contribution in [3.05, 3.63) is 54.2 Å². The zero-order valence-electron chi connectivity index (χ0n) is 14.9. The average molecular weight is 345 g/mol. The third-order valence-corrected chi connectivity index (χ3v) is 4.42. The number of aromatic nitrogens is 2. The molecule has 0 aliphatic rings. The molecular formula is C21H19N3O2. The Labute approximate surface area is 151 Å². The van der Waals surface area contributed by atoms with E-state index in [0.717, 1.165) is 50.1 Å². The topological polar surface area (TPSA) is 67.0 Å². The number of hydrogen-bond donors (Lipinski definition) is 2. The van der Waals surface area contributed by atoms with E-state index in [9.17, 15) is 4.79 Å². The number of amides is 1. The Morgan fingerprint density at radius 1 is 1.19 bits per heavy atom. The van der Waals surface area contributed by atoms with Gasteiger partial charge in [-0.3, -0.25) is 4.79 Å². The summed E-state index contributed by atoms with van der Waals surface area (Å²) in [5.41, 5.74) is 5.70. The fraction of sp³-hybridized carbons (Fsp3) is 0.143. The molecule has 2 aromatic heterocycles. The molecule has 0 bridgehead atoms. The van der Waals surface area contributed by atoms with Gasteiger partial charge in [0.1, 0.15) is 11.4 Å². The molecule has 0 aliphatic heterocycles. The van der Waals surface area contributed by atoms with E-state index in [-0.39, 0.29) is 5.91 Å². The zero-order chi connectivity index (χ0) is 18.3. The Morgan fingerprint density at radius 3 is 2.81 bits per heavy atom. The van der Waals surface area contributed by atoms with Crippen LogP contribution in [0.3, 0.4) is 0 Å². The number of benzene rings is 2. The Morgan fingerprint density at radius 2 is 2.04 bits per heavy atom. The molecule has 0 saturated heterocycles. The first kappa shape index (κ1) is 16.1. The lowest BCUT2D eigenvalue weighted by atomic mass is 9.98. The molecule has 2 N–H and O–H groups in total. The second-order valence-electron chi connectivity index (χ2n) is 6.36. The predicted molar refractivity (Wildman–Crippen MR) is 105 cm³/mol. The first-order chi connectivity index (χ1) is 12.6. The van der Waals surface area contributed by atoms with Crippen molar-refractivity contribution >= 4 is 33.5 Å². The van der Waals surface area contributed by atoms with E-state index in [0.29, 0.717) is 0 Å². The summed E-state index contributed by atoms with van der Waals surface area (Å²) in [6.45, 7) is 3.54. The molecule has 4 aromatic rings. The first-order valence-corrected chi connectivity index (χ1v) is 8.40. The number of carbonyl (C=O) groups excluding carboxylic acids is 1. The Bertz CT molecular complexity index is 1140. The molecule has 0 unspecified atom stereocenters. The van der Waals surface area contributed by atoms with Crippen molar-refractivity contribution in [2.75, 3.05) is 12.4 Å². The third-order valence-electron chi connectivity index (χ3n) is 4.42. The minimum absolute atomic E-state index is 0.0889. The average Bonchev–Trinajstić information content (AvgIpc) is 2.99. The number of aryl methyl sites for hydroxylation is 1. The molecule has 5 heteroatoms. The number of aromatic amines is 1. The Balaban J connectivity index is 2.02. The Hall–Kier alpha value is -3.34. The Kier molecular flexibility index (Phi) is 3.84. The molecule has 4 rings (SSSR count). The van der Waals surface area contributed by atoms with Crippen molar-refractivity contribution in [1.29, 1.82) is 0 Å². The first-order valence-electron chi connectivity index (χ1n) is 8.40. The third kappa shape index (κ3) is 2.67. The van der Waals surface area contributed by atoms with Crippen molar-refractivity contribution in [2.24, 2.45) is 0 Å². The second kappa shape index (κ2) is 6.19. The second-order valence-corrected chi connectivity index (χ2v) is 6.36. The summed E-state index contributed by atoms with van der Waals surface area (Å²) in [5.74, 6) is 0.686. The summed E-state index contributed by atoms with van der Waals surface area (Å²) in [6, 6.07) is 14.0. The van der Waals surface area contributed by atoms with Gasteiger partial charge in [0.2, 0.25) is 5.91 Å². The number of hydrogen-bond acceptors (Lipinski definition) is 3. The van der Waals surface area contributed by atoms with Crippen LogP contribution in [0.15, 0.2) is 48.7 Å². The molecule has 0 atom stereocenters. The van der Waals surface area contributed by atoms with Crippen LogP contribution in [0.2, 0.25) is 0 Å². The maximum Gasteiger partial charge on any atom is 0.221 e. The fourth-order valence-corrected chi connectivity index (χ4v) is 3.34. The quantitative estimate of drug-likeness (QED) is 0.567. The predicted octanol–water partition coefficient (Wildman–Crippen LogP) is 4.66. The number of carbonyl (C=O) groups is 1. The van der Waals surface area contributed by atoms with Gasteiger partial charge < -0.3 is 15.0 Å². The van der Waals surface area contributed by atoms with Gasteiger partial charge in [0.05, 0.1) is 12.6 Å². The lowest BCUT2D eigenvalue weighted by Gasteiger charge is -2.10. The number of nitrogens with one attached hydrogen (secondary N) is 2. The van der Waals surface area contributed by atoms with Gasteiger partial charge in [-0.05, 0) is 53.9 Å². The number of ether oxygens (including phenoxy) is 1. The maximum atomic E-state index is 11.4. The molecular weight excluding hydrogens is 326 g/mol. The highest BCUT2D eigenvalue weighted by Gasteiger charge is 2.15. The smallest absolute Gasteiger partial charge is 0.221 e. The number of nitrogens with zero attached hydrogens (tertiary/aromatic N) is 1. The van der Waals surface area contributed by atoms with E-state index in [4.69, 9.17) is 4.74 Å². The molecule has 2 aromatic carbocycles. The highest BCUT2D eigenvalue weighted by Crippen LogP contribution is 2.39. The summed E-state index contributed by atoms with van der Waals surface area (Å²) >= 11 is 0. The van der Waals surface area contributed by atoms with Crippen molar-refractivity contribution in [1.82, 2.24) is 9.97 Å². The molecule has 26 heavy (non-hydrogen) atoms. The highest BCUT2D eigenvalue weighted by molar-refractivity contribution is 6.15. The number of pyridine rings is 1. The van der Waals surface area contributed by atoms with Crippen molar-refractivity contribution < 1.29 is 9.53 Å². The molecule has 1 amide bonds. The zero-order valence-corrected chi connectivity index (χ0v) is 14.9. The van der Waals surface area contributed by atoms with Crippen LogP contribution in [-0.4, -0.2) is 23.0 Å². The van der Waals surface area contributed by atoms with Crippen LogP contribution in [0.4, 0.5) is 5.69 Å². The number of H-pyrrole nitrogens is 1. The van der Waals surface area contributed by atoms with Crippen molar-refractivity contribution in [3.63, 3.8) is 0 Å². The number of rotatable bonds is 3. The largest absolute Gasteiger partial charge is 0.495 e. The standard InChI is InChI=1S/C21H19N3O2/c1-12-9-17-19-16(14-5-4-6-15(10-14)23-13(2)25)7-8-18(26-3)20(19)24-21(17)22-11-12/h4-11H,1-3H3,(H,22,24)(H,23,25). The van der Waals surface area contributed by atoms with Gasteiger partial charge in [0.25, 0.3) is 0 Å². The lowest BCUT2D eigenvalue weighted by Crippen LogP contribution is -2.05. The number of anilines is 1. The fourth-order valence-electron chi connectivity index (χ4n) is 3.34. The van der Waals surface area contributed by atoms with Gasteiger partial charge in [0.15, 0.2) is 0 Å². The van der Waals surface area contributed by atoms with Crippen LogP contribution in [0.1, 0.15) is 12.5 Å². The van der Waals surface area contributed by atoms with E-state index < -0.39 is 0 Å². The molecule has 2 heterocycles. The van der Waals surface area contributed by atoms with E-state index in [1.54, 1.807) is 7.11 Å². The minimum atomic E-state index is -0.0889. The minimum Gasteiger partial charge on any atom is -0.495 e. The van der Waals surface area contributed by atoms with Gasteiger partial charge in [0, 0.05) is 29.6 Å². The molecule has 0 spiro atoms. The van der Waals surface area contributed by atoms with Gasteiger partial charge in [-0.2, -0.15) is 0 Å².